The van der Waals surface area contributed by atoms with Crippen LogP contribution < -0.4 is 0 Å². The van der Waals surface area contributed by atoms with E-state index in [1.54, 1.807) is 24.3 Å². The lowest BCUT2D eigenvalue weighted by atomic mass is 9.98. The number of carbonyl (C=O) groups is 2. The molecule has 6 heteroatoms. The highest BCUT2D eigenvalue weighted by Crippen LogP contribution is 2.39. The molecule has 0 bridgehead atoms. The van der Waals surface area contributed by atoms with Crippen LogP contribution in [0.4, 0.5) is 0 Å². The van der Waals surface area contributed by atoms with Gasteiger partial charge in [0.25, 0.3) is 11.7 Å². The van der Waals surface area contributed by atoms with Crippen LogP contribution in [0.25, 0.3) is 5.76 Å². The van der Waals surface area contributed by atoms with Gasteiger partial charge >= 0.3 is 0 Å². The second kappa shape index (κ2) is 9.09. The minimum Gasteiger partial charge on any atom is -0.507 e. The Morgan fingerprint density at radius 1 is 1.10 bits per heavy atom. The van der Waals surface area contributed by atoms with E-state index in [0.717, 1.165) is 25.1 Å². The third kappa shape index (κ3) is 4.12. The molecule has 0 saturated carbocycles. The van der Waals surface area contributed by atoms with Crippen molar-refractivity contribution in [3.05, 3.63) is 65.1 Å². The van der Waals surface area contributed by atoms with Crippen LogP contribution in [0, 0.1) is 0 Å². The maximum absolute atomic E-state index is 12.9. The Morgan fingerprint density at radius 2 is 1.79 bits per heavy atom. The fourth-order valence-corrected chi connectivity index (χ4v) is 3.70. The molecular formula is C23H28N2O4. The molecule has 0 radical (unpaired) electrons. The molecule has 2 aromatic rings. The minimum absolute atomic E-state index is 0.0775. The third-order valence-corrected chi connectivity index (χ3v) is 5.54. The van der Waals surface area contributed by atoms with Crippen LogP contribution in [0.5, 0.6) is 0 Å². The molecule has 2 heterocycles. The number of furan rings is 1. The number of nitrogens with zero attached hydrogens (tertiary/aromatic N) is 2. The number of hydrogen-bond acceptors (Lipinski definition) is 5. The molecule has 1 amide bonds. The molecule has 29 heavy (non-hydrogen) atoms. The van der Waals surface area contributed by atoms with Crippen LogP contribution in [0.15, 0.2) is 52.7 Å². The van der Waals surface area contributed by atoms with Gasteiger partial charge in [-0.05, 0) is 37.2 Å². The molecule has 1 saturated heterocycles. The summed E-state index contributed by atoms with van der Waals surface area (Å²) in [7, 11) is 0. The van der Waals surface area contributed by atoms with Crippen molar-refractivity contribution in [1.29, 1.82) is 0 Å². The van der Waals surface area contributed by atoms with Gasteiger partial charge in [-0.2, -0.15) is 0 Å². The summed E-state index contributed by atoms with van der Waals surface area (Å²) >= 11 is 0. The number of rotatable bonds is 8. The zero-order valence-electron chi connectivity index (χ0n) is 17.2. The van der Waals surface area contributed by atoms with Crippen molar-refractivity contribution in [2.24, 2.45) is 0 Å². The summed E-state index contributed by atoms with van der Waals surface area (Å²) < 4.78 is 5.55. The number of aryl methyl sites for hydroxylation is 1. The Balaban J connectivity index is 2.02. The van der Waals surface area contributed by atoms with Crippen molar-refractivity contribution < 1.29 is 19.1 Å². The first kappa shape index (κ1) is 20.9. The van der Waals surface area contributed by atoms with Crippen molar-refractivity contribution in [2.45, 2.75) is 33.2 Å². The van der Waals surface area contributed by atoms with Gasteiger partial charge in [-0.15, -0.1) is 0 Å². The number of carbonyl (C=O) groups excluding carboxylic acids is 2. The molecule has 1 N–H and O–H groups in total. The molecule has 154 valence electrons. The smallest absolute Gasteiger partial charge is 0.295 e. The molecule has 1 aromatic heterocycles. The maximum atomic E-state index is 12.9. The van der Waals surface area contributed by atoms with E-state index in [0.29, 0.717) is 24.4 Å². The molecule has 1 aliphatic rings. The second-order valence-electron chi connectivity index (χ2n) is 7.09. The van der Waals surface area contributed by atoms with Crippen LogP contribution in [-0.4, -0.2) is 52.8 Å². The van der Waals surface area contributed by atoms with Crippen molar-refractivity contribution in [3.8, 4) is 0 Å². The number of likely N-dealkylation sites (tertiary alicyclic amines) is 1. The van der Waals surface area contributed by atoms with Gasteiger partial charge in [0, 0.05) is 18.7 Å². The summed E-state index contributed by atoms with van der Waals surface area (Å²) in [6, 6.07) is 10.1. The van der Waals surface area contributed by atoms with Gasteiger partial charge in [-0.3, -0.25) is 9.59 Å². The minimum atomic E-state index is -0.730. The first-order chi connectivity index (χ1) is 14.0. The van der Waals surface area contributed by atoms with Gasteiger partial charge in [-0.1, -0.05) is 45.0 Å². The molecular weight excluding hydrogens is 368 g/mol. The first-order valence-corrected chi connectivity index (χ1v) is 10.1. The summed E-state index contributed by atoms with van der Waals surface area (Å²) in [5.41, 5.74) is 1.72. The molecule has 1 aromatic carbocycles. The van der Waals surface area contributed by atoms with E-state index in [4.69, 9.17) is 4.42 Å². The van der Waals surface area contributed by atoms with Gasteiger partial charge < -0.3 is 19.3 Å². The van der Waals surface area contributed by atoms with E-state index in [-0.39, 0.29) is 11.3 Å². The van der Waals surface area contributed by atoms with E-state index in [9.17, 15) is 14.7 Å². The molecule has 1 fully saturated rings. The Bertz CT molecular complexity index is 880. The summed E-state index contributed by atoms with van der Waals surface area (Å²) in [4.78, 5) is 29.4. The third-order valence-electron chi connectivity index (χ3n) is 5.54. The van der Waals surface area contributed by atoms with E-state index < -0.39 is 17.7 Å². The van der Waals surface area contributed by atoms with Crippen LogP contribution in [-0.2, 0) is 16.0 Å². The second-order valence-corrected chi connectivity index (χ2v) is 7.09. The van der Waals surface area contributed by atoms with Gasteiger partial charge in [0.2, 0.25) is 0 Å². The van der Waals surface area contributed by atoms with Gasteiger partial charge in [0.1, 0.15) is 17.6 Å². The zero-order valence-corrected chi connectivity index (χ0v) is 17.2. The Labute approximate surface area is 171 Å². The average molecular weight is 396 g/mol. The highest BCUT2D eigenvalue weighted by atomic mass is 16.3. The van der Waals surface area contributed by atoms with Gasteiger partial charge in [0.15, 0.2) is 0 Å². The Kier molecular flexibility index (Phi) is 6.54. The lowest BCUT2D eigenvalue weighted by Gasteiger charge is -2.26. The molecule has 6 nitrogen and oxygen atoms in total. The van der Waals surface area contributed by atoms with Crippen molar-refractivity contribution in [3.63, 3.8) is 0 Å². The van der Waals surface area contributed by atoms with Crippen LogP contribution in [0.1, 0.15) is 43.7 Å². The average Bonchev–Trinajstić information content (AvgIpc) is 3.36. The van der Waals surface area contributed by atoms with E-state index in [1.165, 1.54) is 11.2 Å². The van der Waals surface area contributed by atoms with Crippen molar-refractivity contribution in [2.75, 3.05) is 26.2 Å². The number of ketones is 1. The topological polar surface area (TPSA) is 74.0 Å². The molecule has 0 aliphatic carbocycles. The predicted octanol–water partition coefficient (Wildman–Crippen LogP) is 3.61. The Morgan fingerprint density at radius 3 is 2.34 bits per heavy atom. The van der Waals surface area contributed by atoms with E-state index >= 15 is 0 Å². The fourth-order valence-electron chi connectivity index (χ4n) is 3.70. The summed E-state index contributed by atoms with van der Waals surface area (Å²) in [5.74, 6) is -0.985. The van der Waals surface area contributed by atoms with Crippen LogP contribution >= 0.6 is 0 Å². The standard InChI is InChI=1S/C23H28N2O4/c1-4-16-9-11-17(12-10-16)21(26)19-20(18-8-7-15-29-18)25(23(28)22(19)27)14-13-24(5-2)6-3/h7-12,15,20,26H,4-6,13-14H2,1-3H3/b21-19-. The first-order valence-electron chi connectivity index (χ1n) is 10.1. The van der Waals surface area contributed by atoms with Crippen molar-refractivity contribution in [1.82, 2.24) is 9.80 Å². The van der Waals surface area contributed by atoms with Gasteiger partial charge in [-0.25, -0.2) is 0 Å². The molecule has 3 rings (SSSR count). The Hall–Kier alpha value is -2.86. The fraction of sp³-hybridized carbons (Fsp3) is 0.391. The van der Waals surface area contributed by atoms with Crippen molar-refractivity contribution >= 4 is 17.4 Å². The highest BCUT2D eigenvalue weighted by Gasteiger charge is 2.47. The van der Waals surface area contributed by atoms with Crippen LogP contribution in [0.2, 0.25) is 0 Å². The number of hydrogen-bond donors (Lipinski definition) is 1. The van der Waals surface area contributed by atoms with E-state index in [2.05, 4.69) is 18.7 Å². The molecule has 1 unspecified atom stereocenters. The number of aliphatic hydroxyl groups excluding tert-OH is 1. The monoisotopic (exact) mass is 396 g/mol. The summed E-state index contributed by atoms with van der Waals surface area (Å²) in [6.45, 7) is 8.90. The summed E-state index contributed by atoms with van der Waals surface area (Å²) in [5, 5.41) is 11.0. The lowest BCUT2D eigenvalue weighted by Crippen LogP contribution is -2.37. The highest BCUT2D eigenvalue weighted by molar-refractivity contribution is 6.46. The van der Waals surface area contributed by atoms with Gasteiger partial charge in [0.05, 0.1) is 11.8 Å². The largest absolute Gasteiger partial charge is 0.507 e. The van der Waals surface area contributed by atoms with Crippen LogP contribution in [0.3, 0.4) is 0 Å². The molecule has 0 spiro atoms. The maximum Gasteiger partial charge on any atom is 0.295 e. The number of benzene rings is 1. The zero-order chi connectivity index (χ0) is 21.0. The number of likely N-dealkylation sites (N-methyl/N-ethyl adjacent to an activating group) is 1. The molecule has 1 aliphatic heterocycles. The SMILES string of the molecule is CCc1ccc(/C(O)=C2/C(=O)C(=O)N(CCN(CC)CC)C2c2ccco2)cc1. The molecule has 1 atom stereocenters. The predicted molar refractivity (Wildman–Crippen MR) is 111 cm³/mol. The lowest BCUT2D eigenvalue weighted by molar-refractivity contribution is -0.140. The quantitative estimate of drug-likeness (QED) is 0.419. The number of Topliss-reactive ketones (excluding diaryl/α,β-unsaturated/α-hetero) is 1. The van der Waals surface area contributed by atoms with E-state index in [1.807, 2.05) is 19.1 Å². The number of aliphatic hydroxyl groups is 1. The normalized spacial score (nSPS) is 18.8. The summed E-state index contributed by atoms with van der Waals surface area (Å²) in [6.07, 6.45) is 2.39. The number of amides is 1.